The van der Waals surface area contributed by atoms with Crippen LogP contribution in [0.1, 0.15) is 32.8 Å². The van der Waals surface area contributed by atoms with Crippen LogP contribution in [0.2, 0.25) is 0 Å². The Kier molecular flexibility index (Phi) is 9.33. The molecule has 3 N–H and O–H groups in total. The van der Waals surface area contributed by atoms with Crippen molar-refractivity contribution in [3.63, 3.8) is 0 Å². The highest BCUT2D eigenvalue weighted by Crippen LogP contribution is 2.30. The van der Waals surface area contributed by atoms with Gasteiger partial charge in [0, 0.05) is 31.6 Å². The summed E-state index contributed by atoms with van der Waals surface area (Å²) in [5.41, 5.74) is 0.948. The highest BCUT2D eigenvalue weighted by atomic mass is 32.2. The Morgan fingerprint density at radius 2 is 1.78 bits per heavy atom. The summed E-state index contributed by atoms with van der Waals surface area (Å²) in [6.07, 6.45) is -1.18. The van der Waals surface area contributed by atoms with Gasteiger partial charge in [0.15, 0.2) is 0 Å². The molecule has 0 atom stereocenters. The first-order valence-corrected chi connectivity index (χ1v) is 12.1. The molecule has 13 nitrogen and oxygen atoms in total. The molecular weight excluding hydrogens is 496 g/mol. The van der Waals surface area contributed by atoms with Crippen LogP contribution >= 0.6 is 0 Å². The largest absolute Gasteiger partial charge is 0.495 e. The molecule has 2 aromatic carbocycles. The Morgan fingerprint density at radius 1 is 1.14 bits per heavy atom. The number of rotatable bonds is 10. The van der Waals surface area contributed by atoms with Crippen molar-refractivity contribution in [3.8, 4) is 5.75 Å². The minimum Gasteiger partial charge on any atom is -0.495 e. The van der Waals surface area contributed by atoms with Crippen molar-refractivity contribution in [2.75, 3.05) is 19.0 Å². The maximum Gasteiger partial charge on any atom is 0.412 e. The zero-order chi connectivity index (χ0) is 27.1. The molecular formula is C22H28N4O9S. The van der Waals surface area contributed by atoms with Crippen molar-refractivity contribution in [1.29, 1.82) is 0 Å². The van der Waals surface area contributed by atoms with Crippen LogP contribution in [0.25, 0.3) is 0 Å². The van der Waals surface area contributed by atoms with E-state index >= 15 is 0 Å². The lowest BCUT2D eigenvalue weighted by molar-refractivity contribution is -0.384. The second-order valence-corrected chi connectivity index (χ2v) is 10.5. The van der Waals surface area contributed by atoms with Gasteiger partial charge in [0.2, 0.25) is 15.9 Å². The summed E-state index contributed by atoms with van der Waals surface area (Å²) in [4.78, 5) is 33.9. The number of benzene rings is 2. The molecule has 196 valence electrons. The summed E-state index contributed by atoms with van der Waals surface area (Å²) in [6.45, 7) is 4.47. The fourth-order valence-corrected chi connectivity index (χ4v) is 4.46. The molecule has 14 heteroatoms. The van der Waals surface area contributed by atoms with E-state index in [2.05, 4.69) is 5.32 Å². The van der Waals surface area contributed by atoms with Crippen molar-refractivity contribution in [3.05, 3.63) is 58.1 Å². The van der Waals surface area contributed by atoms with Gasteiger partial charge in [-0.05, 0) is 44.5 Å². The molecule has 0 radical (unpaired) electrons. The second-order valence-electron chi connectivity index (χ2n) is 8.54. The molecule has 2 rings (SSSR count). The number of hydrogen-bond acceptors (Lipinski definition) is 9. The molecule has 0 saturated carbocycles. The Hall–Kier alpha value is -3.75. The van der Waals surface area contributed by atoms with E-state index in [0.717, 1.165) is 4.31 Å². The predicted octanol–water partition coefficient (Wildman–Crippen LogP) is 3.04. The van der Waals surface area contributed by atoms with Crippen LogP contribution in [0, 0.1) is 10.1 Å². The summed E-state index contributed by atoms with van der Waals surface area (Å²) < 4.78 is 38.4. The van der Waals surface area contributed by atoms with Crippen molar-refractivity contribution < 1.29 is 37.6 Å². The van der Waals surface area contributed by atoms with Crippen molar-refractivity contribution >= 4 is 33.4 Å². The van der Waals surface area contributed by atoms with Crippen LogP contribution in [-0.4, -0.2) is 54.1 Å². The van der Waals surface area contributed by atoms with E-state index in [1.165, 1.54) is 55.1 Å². The quantitative estimate of drug-likeness (QED) is 0.239. The zero-order valence-corrected chi connectivity index (χ0v) is 21.0. The average Bonchev–Trinajstić information content (AvgIpc) is 2.80. The molecule has 0 aromatic heterocycles. The Bertz CT molecular complexity index is 1210. The molecule has 2 aromatic rings. The van der Waals surface area contributed by atoms with Gasteiger partial charge in [-0.1, -0.05) is 12.1 Å². The number of nitrogens with zero attached hydrogens (tertiary/aromatic N) is 2. The van der Waals surface area contributed by atoms with Gasteiger partial charge >= 0.3 is 6.09 Å². The maximum absolute atomic E-state index is 13.5. The standard InChI is InChI=1S/C22H28N4O9S/c1-22(2,3)35-21(28)23-18-13-17(9-10-19(18)34-4)36(32,33)25(12-11-20(27)24-29)14-15-5-7-16(8-6-15)26(30)31/h5-10,13,29H,11-12,14H2,1-4H3,(H,23,28)(H,24,27). The van der Waals surface area contributed by atoms with Crippen LogP contribution in [0.5, 0.6) is 5.75 Å². The first-order chi connectivity index (χ1) is 16.8. The number of nitro groups is 1. The van der Waals surface area contributed by atoms with E-state index < -0.39 is 32.5 Å². The zero-order valence-electron chi connectivity index (χ0n) is 20.2. The molecule has 0 unspecified atom stereocenters. The molecule has 0 bridgehead atoms. The maximum atomic E-state index is 13.5. The van der Waals surface area contributed by atoms with Gasteiger partial charge in [-0.3, -0.25) is 25.4 Å². The van der Waals surface area contributed by atoms with Gasteiger partial charge in [-0.2, -0.15) is 4.31 Å². The SMILES string of the molecule is COc1ccc(S(=O)(=O)N(CCC(=O)NO)Cc2ccc([N+](=O)[O-])cc2)cc1NC(=O)OC(C)(C)C. The summed E-state index contributed by atoms with van der Waals surface area (Å²) in [5, 5.41) is 22.2. The number of sulfonamides is 1. The molecule has 0 aliphatic heterocycles. The number of methoxy groups -OCH3 is 1. The first-order valence-electron chi connectivity index (χ1n) is 10.6. The van der Waals surface area contributed by atoms with Crippen molar-refractivity contribution in [2.24, 2.45) is 0 Å². The average molecular weight is 525 g/mol. The number of carbonyl (C=O) groups excluding carboxylic acids is 2. The number of ether oxygens (including phenoxy) is 2. The van der Waals surface area contributed by atoms with Crippen LogP contribution in [-0.2, 0) is 26.1 Å². The number of nitrogens with one attached hydrogen (secondary N) is 2. The van der Waals surface area contributed by atoms with Gasteiger partial charge in [0.1, 0.15) is 11.4 Å². The van der Waals surface area contributed by atoms with Gasteiger partial charge in [-0.15, -0.1) is 0 Å². The smallest absolute Gasteiger partial charge is 0.412 e. The number of amides is 2. The van der Waals surface area contributed by atoms with Crippen LogP contribution < -0.4 is 15.5 Å². The van der Waals surface area contributed by atoms with E-state index in [1.807, 2.05) is 0 Å². The van der Waals surface area contributed by atoms with E-state index in [4.69, 9.17) is 14.7 Å². The molecule has 0 heterocycles. The molecule has 0 aliphatic rings. The topological polar surface area (TPSA) is 177 Å². The molecule has 2 amide bonds. The molecule has 0 aliphatic carbocycles. The molecule has 0 spiro atoms. The minimum absolute atomic E-state index is 0.0382. The molecule has 36 heavy (non-hydrogen) atoms. The normalized spacial score (nSPS) is 11.6. The van der Waals surface area contributed by atoms with Gasteiger partial charge in [0.25, 0.3) is 5.69 Å². The Morgan fingerprint density at radius 3 is 2.31 bits per heavy atom. The highest BCUT2D eigenvalue weighted by Gasteiger charge is 2.27. The van der Waals surface area contributed by atoms with E-state index in [-0.39, 0.29) is 41.5 Å². The second kappa shape index (κ2) is 11.8. The summed E-state index contributed by atoms with van der Waals surface area (Å²) in [5.74, 6) is -0.623. The van der Waals surface area contributed by atoms with Gasteiger partial charge in [-0.25, -0.2) is 18.7 Å². The summed E-state index contributed by atoms with van der Waals surface area (Å²) in [6, 6.07) is 9.07. The first kappa shape index (κ1) is 28.5. The summed E-state index contributed by atoms with van der Waals surface area (Å²) >= 11 is 0. The van der Waals surface area contributed by atoms with Crippen LogP contribution in [0.15, 0.2) is 47.4 Å². The van der Waals surface area contributed by atoms with Gasteiger partial charge < -0.3 is 9.47 Å². The third-order valence-electron chi connectivity index (χ3n) is 4.66. The minimum atomic E-state index is -4.26. The Balaban J connectivity index is 2.42. The van der Waals surface area contributed by atoms with E-state index in [0.29, 0.717) is 5.56 Å². The fraction of sp³-hybridized carbons (Fsp3) is 0.364. The lowest BCUT2D eigenvalue weighted by Crippen LogP contribution is -2.34. The summed E-state index contributed by atoms with van der Waals surface area (Å²) in [7, 11) is -2.91. The number of nitro benzene ring substituents is 1. The number of hydrogen-bond donors (Lipinski definition) is 3. The fourth-order valence-electron chi connectivity index (χ4n) is 3.00. The third kappa shape index (κ3) is 7.90. The number of carbonyl (C=O) groups is 2. The molecule has 0 fully saturated rings. The number of hydroxylamine groups is 1. The van der Waals surface area contributed by atoms with Gasteiger partial charge in [0.05, 0.1) is 22.6 Å². The monoisotopic (exact) mass is 524 g/mol. The van der Waals surface area contributed by atoms with Crippen LogP contribution in [0.3, 0.4) is 0 Å². The van der Waals surface area contributed by atoms with Crippen molar-refractivity contribution in [1.82, 2.24) is 9.79 Å². The predicted molar refractivity (Wildman–Crippen MR) is 128 cm³/mol. The van der Waals surface area contributed by atoms with E-state index in [9.17, 15) is 28.1 Å². The lowest BCUT2D eigenvalue weighted by atomic mass is 10.2. The van der Waals surface area contributed by atoms with Crippen LogP contribution in [0.4, 0.5) is 16.2 Å². The lowest BCUT2D eigenvalue weighted by Gasteiger charge is -2.23. The van der Waals surface area contributed by atoms with Crippen molar-refractivity contribution in [2.45, 2.75) is 44.2 Å². The highest BCUT2D eigenvalue weighted by molar-refractivity contribution is 7.89. The van der Waals surface area contributed by atoms with E-state index in [1.54, 1.807) is 20.8 Å². The number of non-ortho nitro benzene ring substituents is 1. The Labute approximate surface area is 208 Å². The molecule has 0 saturated heterocycles. The third-order valence-corrected chi connectivity index (χ3v) is 6.50. The number of anilines is 1.